The summed E-state index contributed by atoms with van der Waals surface area (Å²) in [5, 5.41) is 18.3. The van der Waals surface area contributed by atoms with Crippen molar-refractivity contribution in [2.75, 3.05) is 19.7 Å². The van der Waals surface area contributed by atoms with Crippen LogP contribution in [0, 0.1) is 0 Å². The molecule has 1 rings (SSSR count). The van der Waals surface area contributed by atoms with Gasteiger partial charge in [0.15, 0.2) is 0 Å². The molecule has 1 unspecified atom stereocenters. The molecule has 0 amide bonds. The Morgan fingerprint density at radius 3 is 2.12 bits per heavy atom. The maximum Gasteiger partial charge on any atom is 0.0865 e. The highest BCUT2D eigenvalue weighted by molar-refractivity contribution is 5.17. The molecular formula is C13H26N2O2. The normalized spacial score (nSPS) is 22.1. The first-order valence-corrected chi connectivity index (χ1v) is 6.26. The lowest BCUT2D eigenvalue weighted by atomic mass is 9.91. The SMILES string of the molecule is NCCCCN.OCCCC1(O)C=CC=CC1. The summed E-state index contributed by atoms with van der Waals surface area (Å²) in [7, 11) is 0. The Morgan fingerprint density at radius 2 is 1.71 bits per heavy atom. The molecule has 6 N–H and O–H groups in total. The summed E-state index contributed by atoms with van der Waals surface area (Å²) in [6, 6.07) is 0. The highest BCUT2D eigenvalue weighted by Crippen LogP contribution is 2.22. The van der Waals surface area contributed by atoms with E-state index in [0.29, 0.717) is 19.3 Å². The van der Waals surface area contributed by atoms with E-state index in [4.69, 9.17) is 16.6 Å². The van der Waals surface area contributed by atoms with E-state index in [-0.39, 0.29) is 6.61 Å². The molecule has 17 heavy (non-hydrogen) atoms. The molecule has 0 saturated carbocycles. The van der Waals surface area contributed by atoms with Gasteiger partial charge in [0.2, 0.25) is 0 Å². The Morgan fingerprint density at radius 1 is 1.06 bits per heavy atom. The van der Waals surface area contributed by atoms with Gasteiger partial charge in [0.05, 0.1) is 5.60 Å². The molecule has 0 fully saturated rings. The van der Waals surface area contributed by atoms with E-state index in [1.807, 2.05) is 18.2 Å². The Labute approximate surface area is 104 Å². The predicted molar refractivity (Wildman–Crippen MR) is 71.5 cm³/mol. The zero-order valence-electron chi connectivity index (χ0n) is 10.5. The van der Waals surface area contributed by atoms with Crippen LogP contribution < -0.4 is 11.5 Å². The molecule has 1 aliphatic rings. The van der Waals surface area contributed by atoms with Gasteiger partial charge in [-0.15, -0.1) is 0 Å². The van der Waals surface area contributed by atoms with Gasteiger partial charge in [0.25, 0.3) is 0 Å². The summed E-state index contributed by atoms with van der Waals surface area (Å²) in [4.78, 5) is 0. The molecule has 0 aromatic carbocycles. The molecule has 0 bridgehead atoms. The molecule has 0 spiro atoms. The van der Waals surface area contributed by atoms with Gasteiger partial charge in [-0.3, -0.25) is 0 Å². The largest absolute Gasteiger partial charge is 0.396 e. The van der Waals surface area contributed by atoms with Crippen molar-refractivity contribution in [2.24, 2.45) is 11.5 Å². The maximum atomic E-state index is 9.75. The minimum atomic E-state index is -0.697. The van der Waals surface area contributed by atoms with Gasteiger partial charge in [-0.05, 0) is 45.2 Å². The third-order valence-corrected chi connectivity index (χ3v) is 2.55. The van der Waals surface area contributed by atoms with Crippen molar-refractivity contribution in [3.8, 4) is 0 Å². The average Bonchev–Trinajstić information content (AvgIpc) is 2.36. The number of aliphatic hydroxyl groups is 2. The second-order valence-corrected chi connectivity index (χ2v) is 4.21. The van der Waals surface area contributed by atoms with Crippen LogP contribution in [0.15, 0.2) is 24.3 Å². The van der Waals surface area contributed by atoms with Crippen molar-refractivity contribution in [1.29, 1.82) is 0 Å². The second-order valence-electron chi connectivity index (χ2n) is 4.21. The lowest BCUT2D eigenvalue weighted by Gasteiger charge is -2.24. The number of allylic oxidation sites excluding steroid dienone is 2. The van der Waals surface area contributed by atoms with Gasteiger partial charge in [-0.25, -0.2) is 0 Å². The fourth-order valence-electron chi connectivity index (χ4n) is 1.51. The van der Waals surface area contributed by atoms with E-state index in [0.717, 1.165) is 25.9 Å². The average molecular weight is 242 g/mol. The van der Waals surface area contributed by atoms with Crippen molar-refractivity contribution < 1.29 is 10.2 Å². The van der Waals surface area contributed by atoms with Crippen LogP contribution in [-0.4, -0.2) is 35.5 Å². The smallest absolute Gasteiger partial charge is 0.0865 e. The second kappa shape index (κ2) is 10.5. The molecular weight excluding hydrogens is 216 g/mol. The Bertz CT molecular complexity index is 225. The van der Waals surface area contributed by atoms with Crippen molar-refractivity contribution in [3.63, 3.8) is 0 Å². The summed E-state index contributed by atoms with van der Waals surface area (Å²) >= 11 is 0. The number of hydrogen-bond acceptors (Lipinski definition) is 4. The number of hydrogen-bond donors (Lipinski definition) is 4. The van der Waals surface area contributed by atoms with Crippen LogP contribution in [0.3, 0.4) is 0 Å². The molecule has 1 atom stereocenters. The fraction of sp³-hybridized carbons (Fsp3) is 0.692. The summed E-state index contributed by atoms with van der Waals surface area (Å²) in [6.07, 6.45) is 11.6. The van der Waals surface area contributed by atoms with Crippen molar-refractivity contribution in [2.45, 2.75) is 37.7 Å². The number of unbranched alkanes of at least 4 members (excludes halogenated alkanes) is 1. The minimum absolute atomic E-state index is 0.153. The topological polar surface area (TPSA) is 92.5 Å². The van der Waals surface area contributed by atoms with Crippen LogP contribution >= 0.6 is 0 Å². The van der Waals surface area contributed by atoms with E-state index >= 15 is 0 Å². The molecule has 0 aromatic rings. The number of rotatable bonds is 6. The highest BCUT2D eigenvalue weighted by Gasteiger charge is 2.21. The minimum Gasteiger partial charge on any atom is -0.396 e. The van der Waals surface area contributed by atoms with Crippen molar-refractivity contribution in [3.05, 3.63) is 24.3 Å². The zero-order chi connectivity index (χ0) is 13.0. The van der Waals surface area contributed by atoms with Crippen molar-refractivity contribution >= 4 is 0 Å². The molecule has 0 saturated heterocycles. The molecule has 0 aliphatic heterocycles. The summed E-state index contributed by atoms with van der Waals surface area (Å²) in [5.74, 6) is 0. The molecule has 1 aliphatic carbocycles. The van der Waals surface area contributed by atoms with Crippen LogP contribution in [0.1, 0.15) is 32.1 Å². The van der Waals surface area contributed by atoms with Gasteiger partial charge >= 0.3 is 0 Å². The Balaban J connectivity index is 0.000000366. The number of aliphatic hydroxyl groups excluding tert-OH is 1. The van der Waals surface area contributed by atoms with Crippen molar-refractivity contribution in [1.82, 2.24) is 0 Å². The van der Waals surface area contributed by atoms with E-state index in [2.05, 4.69) is 0 Å². The predicted octanol–water partition coefficient (Wildman–Crippen LogP) is 0.690. The van der Waals surface area contributed by atoms with E-state index < -0.39 is 5.60 Å². The van der Waals surface area contributed by atoms with Gasteiger partial charge < -0.3 is 21.7 Å². The first-order chi connectivity index (χ1) is 8.18. The molecule has 4 nitrogen and oxygen atoms in total. The lowest BCUT2D eigenvalue weighted by Crippen LogP contribution is -2.26. The van der Waals surface area contributed by atoms with Crippen LogP contribution in [-0.2, 0) is 0 Å². The van der Waals surface area contributed by atoms with E-state index in [9.17, 15) is 5.11 Å². The van der Waals surface area contributed by atoms with E-state index in [1.54, 1.807) is 6.08 Å². The first-order valence-electron chi connectivity index (χ1n) is 6.26. The van der Waals surface area contributed by atoms with E-state index in [1.165, 1.54) is 0 Å². The Kier molecular flexibility index (Phi) is 10.1. The van der Waals surface area contributed by atoms with Gasteiger partial charge in [0, 0.05) is 6.61 Å². The van der Waals surface area contributed by atoms with Gasteiger partial charge in [0.1, 0.15) is 0 Å². The third kappa shape index (κ3) is 9.06. The zero-order valence-corrected chi connectivity index (χ0v) is 10.5. The van der Waals surface area contributed by atoms with Crippen LogP contribution in [0.2, 0.25) is 0 Å². The van der Waals surface area contributed by atoms with Crippen LogP contribution in [0.25, 0.3) is 0 Å². The molecule has 0 heterocycles. The van der Waals surface area contributed by atoms with Crippen LogP contribution in [0.5, 0.6) is 0 Å². The molecule has 4 heteroatoms. The van der Waals surface area contributed by atoms with Gasteiger partial charge in [-0.1, -0.05) is 24.3 Å². The molecule has 0 radical (unpaired) electrons. The highest BCUT2D eigenvalue weighted by atomic mass is 16.3. The summed E-state index contributed by atoms with van der Waals surface area (Å²) < 4.78 is 0. The molecule has 0 aromatic heterocycles. The first kappa shape index (κ1) is 16.3. The van der Waals surface area contributed by atoms with Gasteiger partial charge in [-0.2, -0.15) is 0 Å². The summed E-state index contributed by atoms with van der Waals surface area (Å²) in [5.41, 5.74) is 9.62. The number of nitrogens with two attached hydrogens (primary N) is 2. The quantitative estimate of drug-likeness (QED) is 0.516. The monoisotopic (exact) mass is 242 g/mol. The molecule has 100 valence electrons. The third-order valence-electron chi connectivity index (χ3n) is 2.55. The maximum absolute atomic E-state index is 9.75. The van der Waals surface area contributed by atoms with Crippen LogP contribution in [0.4, 0.5) is 0 Å². The lowest BCUT2D eigenvalue weighted by molar-refractivity contribution is 0.0747. The fourth-order valence-corrected chi connectivity index (χ4v) is 1.51. The summed E-state index contributed by atoms with van der Waals surface area (Å²) in [6.45, 7) is 1.70. The Hall–Kier alpha value is -0.680. The standard InChI is InChI=1S/C9H14O2.C4H12N2/c10-8-4-7-9(11)5-2-1-3-6-9;5-3-1-2-4-6/h1-3,5,10-11H,4,6-8H2;1-6H2.